The van der Waals surface area contributed by atoms with Crippen LogP contribution in [0, 0.1) is 0 Å². The number of ether oxygens (including phenoxy) is 1. The van der Waals surface area contributed by atoms with Gasteiger partial charge in [0.2, 0.25) is 5.91 Å². The average molecular weight is 258 g/mol. The van der Waals surface area contributed by atoms with Crippen LogP contribution in [0.3, 0.4) is 0 Å². The van der Waals surface area contributed by atoms with Crippen LogP contribution in [0.5, 0.6) is 0 Å². The molecule has 0 saturated heterocycles. The topological polar surface area (TPSA) is 70.6 Å². The zero-order valence-corrected chi connectivity index (χ0v) is 11.3. The minimum absolute atomic E-state index is 0.00567. The van der Waals surface area contributed by atoms with Crippen molar-refractivity contribution in [1.82, 2.24) is 10.6 Å². The van der Waals surface area contributed by atoms with Crippen molar-refractivity contribution < 1.29 is 14.6 Å². The molecule has 5 heteroatoms. The van der Waals surface area contributed by atoms with Gasteiger partial charge in [-0.25, -0.2) is 0 Å². The van der Waals surface area contributed by atoms with E-state index in [1.807, 2.05) is 7.05 Å². The van der Waals surface area contributed by atoms with Crippen molar-refractivity contribution >= 4 is 5.91 Å². The van der Waals surface area contributed by atoms with Crippen LogP contribution in [-0.4, -0.2) is 50.0 Å². The first-order valence-electron chi connectivity index (χ1n) is 6.87. The number of rotatable bonds is 8. The van der Waals surface area contributed by atoms with Gasteiger partial charge in [0.1, 0.15) is 0 Å². The minimum atomic E-state index is -0.00567. The highest BCUT2D eigenvalue weighted by molar-refractivity contribution is 5.77. The van der Waals surface area contributed by atoms with Gasteiger partial charge in [-0.05, 0) is 19.9 Å². The highest BCUT2D eigenvalue weighted by Gasteiger charge is 2.32. The van der Waals surface area contributed by atoms with E-state index in [-0.39, 0.29) is 18.1 Å². The number of carbonyl (C=O) groups excluding carboxylic acids is 1. The van der Waals surface area contributed by atoms with Crippen LogP contribution in [0.2, 0.25) is 0 Å². The maximum Gasteiger partial charge on any atom is 0.221 e. The van der Waals surface area contributed by atoms with Gasteiger partial charge in [0.15, 0.2) is 0 Å². The molecule has 18 heavy (non-hydrogen) atoms. The van der Waals surface area contributed by atoms with Gasteiger partial charge >= 0.3 is 0 Å². The first-order chi connectivity index (χ1) is 8.72. The van der Waals surface area contributed by atoms with Crippen molar-refractivity contribution in [3.05, 3.63) is 0 Å². The molecule has 3 N–H and O–H groups in total. The van der Waals surface area contributed by atoms with Crippen molar-refractivity contribution in [2.75, 3.05) is 33.4 Å². The van der Waals surface area contributed by atoms with E-state index >= 15 is 0 Å². The number of nitrogens with one attached hydrogen (secondary N) is 2. The molecule has 0 atom stereocenters. The van der Waals surface area contributed by atoms with Gasteiger partial charge < -0.3 is 20.5 Å². The normalized spacial score (nSPS) is 18.6. The van der Waals surface area contributed by atoms with Gasteiger partial charge in [0, 0.05) is 18.5 Å². The summed E-state index contributed by atoms with van der Waals surface area (Å²) in [6.45, 7) is 1.32. The van der Waals surface area contributed by atoms with Gasteiger partial charge in [0.25, 0.3) is 0 Å². The van der Waals surface area contributed by atoms with E-state index < -0.39 is 0 Å². The summed E-state index contributed by atoms with van der Waals surface area (Å²) in [5, 5.41) is 14.7. The number of carbonyl (C=O) groups is 1. The fourth-order valence-electron chi connectivity index (χ4n) is 2.54. The van der Waals surface area contributed by atoms with E-state index in [0.29, 0.717) is 26.2 Å². The van der Waals surface area contributed by atoms with Crippen molar-refractivity contribution in [2.45, 2.75) is 44.1 Å². The highest BCUT2D eigenvalue weighted by atomic mass is 16.5. The Kier molecular flexibility index (Phi) is 7.23. The van der Waals surface area contributed by atoms with E-state index in [1.54, 1.807) is 0 Å². The van der Waals surface area contributed by atoms with E-state index in [0.717, 1.165) is 12.8 Å². The molecule has 0 heterocycles. The van der Waals surface area contributed by atoms with Gasteiger partial charge in [-0.2, -0.15) is 0 Å². The third kappa shape index (κ3) is 5.33. The fraction of sp³-hybridized carbons (Fsp3) is 0.923. The van der Waals surface area contributed by atoms with Crippen LogP contribution in [0.25, 0.3) is 0 Å². The summed E-state index contributed by atoms with van der Waals surface area (Å²) in [4.78, 5) is 11.9. The third-order valence-electron chi connectivity index (χ3n) is 3.64. The summed E-state index contributed by atoms with van der Waals surface area (Å²) in [5.74, 6) is 0.0823. The largest absolute Gasteiger partial charge is 0.394 e. The Labute approximate surface area is 109 Å². The number of aliphatic hydroxyl groups is 1. The second-order valence-corrected chi connectivity index (χ2v) is 4.95. The molecule has 1 rings (SSSR count). The van der Waals surface area contributed by atoms with Crippen LogP contribution in [-0.2, 0) is 9.53 Å². The molecule has 1 saturated carbocycles. The Hall–Kier alpha value is -0.650. The maximum absolute atomic E-state index is 11.9. The van der Waals surface area contributed by atoms with Crippen molar-refractivity contribution in [3.8, 4) is 0 Å². The number of amides is 1. The molecule has 1 amide bonds. The van der Waals surface area contributed by atoms with Crippen LogP contribution in [0.1, 0.15) is 38.5 Å². The molecule has 0 aromatic carbocycles. The smallest absolute Gasteiger partial charge is 0.221 e. The van der Waals surface area contributed by atoms with Crippen LogP contribution >= 0.6 is 0 Å². The summed E-state index contributed by atoms with van der Waals surface area (Å²) in [5.41, 5.74) is -0.00567. The first kappa shape index (κ1) is 15.4. The second-order valence-electron chi connectivity index (χ2n) is 4.95. The molecule has 1 fully saturated rings. The molecule has 0 aromatic heterocycles. The summed E-state index contributed by atoms with van der Waals surface area (Å²) in [7, 11) is 1.95. The van der Waals surface area contributed by atoms with Crippen molar-refractivity contribution in [1.29, 1.82) is 0 Å². The van der Waals surface area contributed by atoms with Gasteiger partial charge in [-0.1, -0.05) is 19.3 Å². The van der Waals surface area contributed by atoms with E-state index in [1.165, 1.54) is 19.3 Å². The molecule has 106 valence electrons. The lowest BCUT2D eigenvalue weighted by Gasteiger charge is -2.36. The fourth-order valence-corrected chi connectivity index (χ4v) is 2.54. The molecular formula is C13H26N2O3. The summed E-state index contributed by atoms with van der Waals surface area (Å²) in [6.07, 6.45) is 6.39. The molecule has 5 nitrogen and oxygen atoms in total. The SMILES string of the molecule is CNC1(CC(=O)NCCOCCO)CCCCC1. The zero-order valence-electron chi connectivity index (χ0n) is 11.3. The van der Waals surface area contributed by atoms with E-state index in [2.05, 4.69) is 10.6 Å². The first-order valence-corrected chi connectivity index (χ1v) is 6.87. The van der Waals surface area contributed by atoms with Crippen LogP contribution in [0.4, 0.5) is 0 Å². The van der Waals surface area contributed by atoms with Gasteiger partial charge in [0.05, 0.1) is 19.8 Å². The monoisotopic (exact) mass is 258 g/mol. The lowest BCUT2D eigenvalue weighted by Crippen LogP contribution is -2.48. The predicted molar refractivity (Wildman–Crippen MR) is 70.4 cm³/mol. The molecule has 0 aromatic rings. The Balaban J connectivity index is 2.20. The molecule has 0 spiro atoms. The summed E-state index contributed by atoms with van der Waals surface area (Å²) >= 11 is 0. The molecule has 0 bridgehead atoms. The quantitative estimate of drug-likeness (QED) is 0.552. The predicted octanol–water partition coefficient (Wildman–Crippen LogP) is 0.424. The maximum atomic E-state index is 11.9. The van der Waals surface area contributed by atoms with E-state index in [9.17, 15) is 4.79 Å². The third-order valence-corrected chi connectivity index (χ3v) is 3.64. The zero-order chi connectivity index (χ0) is 13.3. The number of aliphatic hydroxyl groups excluding tert-OH is 1. The Bertz CT molecular complexity index is 240. The van der Waals surface area contributed by atoms with Crippen molar-refractivity contribution in [2.24, 2.45) is 0 Å². The van der Waals surface area contributed by atoms with Crippen LogP contribution < -0.4 is 10.6 Å². The second kappa shape index (κ2) is 8.45. The average Bonchev–Trinajstić information content (AvgIpc) is 2.39. The minimum Gasteiger partial charge on any atom is -0.394 e. The molecule has 0 unspecified atom stereocenters. The Morgan fingerprint density at radius 3 is 2.61 bits per heavy atom. The van der Waals surface area contributed by atoms with Gasteiger partial charge in [-0.3, -0.25) is 4.79 Å². The highest BCUT2D eigenvalue weighted by Crippen LogP contribution is 2.30. The molecule has 0 radical (unpaired) electrons. The number of hydrogen-bond acceptors (Lipinski definition) is 4. The standard InChI is InChI=1S/C13H26N2O3/c1-14-13(5-3-2-4-6-13)11-12(17)15-7-9-18-10-8-16/h14,16H,2-11H2,1H3,(H,15,17). The molecule has 1 aliphatic rings. The lowest BCUT2D eigenvalue weighted by atomic mass is 9.79. The molecular weight excluding hydrogens is 232 g/mol. The van der Waals surface area contributed by atoms with Crippen LogP contribution in [0.15, 0.2) is 0 Å². The Morgan fingerprint density at radius 2 is 2.00 bits per heavy atom. The Morgan fingerprint density at radius 1 is 1.28 bits per heavy atom. The van der Waals surface area contributed by atoms with E-state index in [4.69, 9.17) is 9.84 Å². The lowest BCUT2D eigenvalue weighted by molar-refractivity contribution is -0.123. The molecule has 1 aliphatic carbocycles. The summed E-state index contributed by atoms with van der Waals surface area (Å²) < 4.78 is 5.09. The van der Waals surface area contributed by atoms with Gasteiger partial charge in [-0.15, -0.1) is 0 Å². The van der Waals surface area contributed by atoms with Crippen molar-refractivity contribution in [3.63, 3.8) is 0 Å². The number of hydrogen-bond donors (Lipinski definition) is 3. The summed E-state index contributed by atoms with van der Waals surface area (Å²) in [6, 6.07) is 0. The molecule has 0 aliphatic heterocycles.